The smallest absolute Gasteiger partial charge is 0.343 e. The minimum atomic E-state index is -0.446. The fraction of sp³-hybridized carbons (Fsp3) is 0.125. The standard InChI is InChI=1S/C24H22IN3O3S/c1-2-30-21-14-18(15-27-28-24(26)32-16-17-9-5-3-6-10-17)13-20(25)22(21)31-23(29)19-11-7-4-8-12-19/h3-15H,2,16H2,1H3,(H2,26,28). The number of carbonyl (C=O) groups is 1. The van der Waals surface area contributed by atoms with Gasteiger partial charge in [0.2, 0.25) is 0 Å². The Bertz CT molecular complexity index is 1110. The Morgan fingerprint density at radius 1 is 1.09 bits per heavy atom. The van der Waals surface area contributed by atoms with Crippen LogP contribution in [-0.2, 0) is 5.75 Å². The number of nitrogens with zero attached hydrogens (tertiary/aromatic N) is 2. The number of rotatable bonds is 8. The molecule has 0 saturated carbocycles. The summed E-state index contributed by atoms with van der Waals surface area (Å²) in [5.41, 5.74) is 8.32. The number of nitrogens with two attached hydrogens (primary N) is 1. The van der Waals surface area contributed by atoms with Crippen molar-refractivity contribution in [3.63, 3.8) is 0 Å². The fourth-order valence-electron chi connectivity index (χ4n) is 2.66. The second-order valence-corrected chi connectivity index (χ2v) is 8.63. The quantitative estimate of drug-likeness (QED) is 0.0986. The van der Waals surface area contributed by atoms with E-state index in [-0.39, 0.29) is 0 Å². The topological polar surface area (TPSA) is 86.3 Å². The monoisotopic (exact) mass is 559 g/mol. The molecular formula is C24H22IN3O3S. The molecule has 0 aliphatic carbocycles. The summed E-state index contributed by atoms with van der Waals surface area (Å²) in [6, 6.07) is 22.4. The Morgan fingerprint density at radius 2 is 1.78 bits per heavy atom. The molecule has 0 unspecified atom stereocenters. The van der Waals surface area contributed by atoms with E-state index in [4.69, 9.17) is 15.2 Å². The normalized spacial score (nSPS) is 11.5. The van der Waals surface area contributed by atoms with Crippen LogP contribution in [0.4, 0.5) is 0 Å². The van der Waals surface area contributed by atoms with E-state index < -0.39 is 5.97 Å². The lowest BCUT2D eigenvalue weighted by Gasteiger charge is -2.13. The third-order valence-corrected chi connectivity index (χ3v) is 5.78. The maximum Gasteiger partial charge on any atom is 0.343 e. The van der Waals surface area contributed by atoms with Crippen LogP contribution in [0.15, 0.2) is 83.0 Å². The van der Waals surface area contributed by atoms with E-state index in [0.29, 0.717) is 28.8 Å². The van der Waals surface area contributed by atoms with Crippen LogP contribution in [0.2, 0.25) is 0 Å². The molecule has 0 fully saturated rings. The van der Waals surface area contributed by atoms with Gasteiger partial charge in [0.15, 0.2) is 16.7 Å². The van der Waals surface area contributed by atoms with Gasteiger partial charge in [-0.15, -0.1) is 5.10 Å². The van der Waals surface area contributed by atoms with Crippen LogP contribution in [-0.4, -0.2) is 24.0 Å². The predicted octanol–water partition coefficient (Wildman–Crippen LogP) is 5.49. The van der Waals surface area contributed by atoms with Gasteiger partial charge in [-0.2, -0.15) is 5.10 Å². The molecule has 0 aromatic heterocycles. The third kappa shape index (κ3) is 7.10. The van der Waals surface area contributed by atoms with Crippen molar-refractivity contribution in [3.8, 4) is 11.5 Å². The zero-order valence-corrected chi connectivity index (χ0v) is 20.4. The molecule has 6 nitrogen and oxygen atoms in total. The summed E-state index contributed by atoms with van der Waals surface area (Å²) < 4.78 is 12.0. The van der Waals surface area contributed by atoms with E-state index >= 15 is 0 Å². The van der Waals surface area contributed by atoms with Crippen molar-refractivity contribution < 1.29 is 14.3 Å². The first-order valence-electron chi connectivity index (χ1n) is 9.83. The second kappa shape index (κ2) is 12.3. The van der Waals surface area contributed by atoms with Crippen LogP contribution in [0.5, 0.6) is 11.5 Å². The van der Waals surface area contributed by atoms with Crippen LogP contribution in [0.3, 0.4) is 0 Å². The van der Waals surface area contributed by atoms with E-state index in [9.17, 15) is 4.79 Å². The zero-order valence-electron chi connectivity index (χ0n) is 17.4. The van der Waals surface area contributed by atoms with Crippen LogP contribution in [0.1, 0.15) is 28.4 Å². The lowest BCUT2D eigenvalue weighted by Crippen LogP contribution is -2.11. The molecule has 8 heteroatoms. The molecule has 0 bridgehead atoms. The summed E-state index contributed by atoms with van der Waals surface area (Å²) in [6.45, 7) is 2.29. The lowest BCUT2D eigenvalue weighted by atomic mass is 10.2. The molecule has 3 rings (SSSR count). The van der Waals surface area contributed by atoms with Crippen molar-refractivity contribution in [3.05, 3.63) is 93.1 Å². The molecule has 0 radical (unpaired) electrons. The van der Waals surface area contributed by atoms with Gasteiger partial charge in [-0.1, -0.05) is 60.3 Å². The second-order valence-electron chi connectivity index (χ2n) is 6.48. The molecule has 0 aliphatic heterocycles. The summed E-state index contributed by atoms with van der Waals surface area (Å²) in [7, 11) is 0. The van der Waals surface area contributed by atoms with Gasteiger partial charge in [0, 0.05) is 5.75 Å². The van der Waals surface area contributed by atoms with Gasteiger partial charge < -0.3 is 15.2 Å². The van der Waals surface area contributed by atoms with E-state index in [1.165, 1.54) is 11.8 Å². The number of amidine groups is 1. The van der Waals surface area contributed by atoms with Crippen molar-refractivity contribution in [2.45, 2.75) is 12.7 Å². The summed E-state index contributed by atoms with van der Waals surface area (Å²) in [6.07, 6.45) is 1.59. The minimum absolute atomic E-state index is 0.373. The molecule has 0 heterocycles. The SMILES string of the molecule is CCOc1cc(C=NN=C(N)SCc2ccccc2)cc(I)c1OC(=O)c1ccccc1. The molecule has 0 saturated heterocycles. The highest BCUT2D eigenvalue weighted by Crippen LogP contribution is 2.34. The fourth-order valence-corrected chi connectivity index (χ4v) is 4.01. The maximum absolute atomic E-state index is 12.5. The molecule has 0 amide bonds. The van der Waals surface area contributed by atoms with Crippen molar-refractivity contribution in [1.29, 1.82) is 0 Å². The Labute approximate surface area is 205 Å². The number of thioether (sulfide) groups is 1. The van der Waals surface area contributed by atoms with Crippen LogP contribution >= 0.6 is 34.4 Å². The van der Waals surface area contributed by atoms with Crippen LogP contribution in [0, 0.1) is 3.57 Å². The molecule has 0 spiro atoms. The van der Waals surface area contributed by atoms with Gasteiger partial charge in [-0.3, -0.25) is 0 Å². The molecule has 3 aromatic carbocycles. The number of hydrogen-bond acceptors (Lipinski definition) is 6. The van der Waals surface area contributed by atoms with Crippen LogP contribution < -0.4 is 15.2 Å². The molecule has 0 atom stereocenters. The van der Waals surface area contributed by atoms with Crippen molar-refractivity contribution >= 4 is 51.7 Å². The van der Waals surface area contributed by atoms with Crippen LogP contribution in [0.25, 0.3) is 0 Å². The highest BCUT2D eigenvalue weighted by Gasteiger charge is 2.17. The minimum Gasteiger partial charge on any atom is -0.490 e. The summed E-state index contributed by atoms with van der Waals surface area (Å²) in [5, 5.41) is 8.51. The number of benzene rings is 3. The number of esters is 1. The van der Waals surface area contributed by atoms with E-state index in [2.05, 4.69) is 32.8 Å². The van der Waals surface area contributed by atoms with E-state index in [1.807, 2.05) is 49.4 Å². The van der Waals surface area contributed by atoms with Gasteiger partial charge in [0.1, 0.15) is 0 Å². The average molecular weight is 559 g/mol. The highest BCUT2D eigenvalue weighted by molar-refractivity contribution is 14.1. The first kappa shape index (κ1) is 23.8. The largest absolute Gasteiger partial charge is 0.490 e. The maximum atomic E-state index is 12.5. The molecule has 3 aromatic rings. The summed E-state index contributed by atoms with van der Waals surface area (Å²) >= 11 is 3.52. The molecule has 32 heavy (non-hydrogen) atoms. The number of halogens is 1. The Hall–Kier alpha value is -2.85. The zero-order chi connectivity index (χ0) is 22.8. The van der Waals surface area contributed by atoms with Gasteiger partial charge in [-0.25, -0.2) is 4.79 Å². The summed E-state index contributed by atoms with van der Waals surface area (Å²) in [5.74, 6) is 1.11. The molecule has 2 N–H and O–H groups in total. The highest BCUT2D eigenvalue weighted by atomic mass is 127. The predicted molar refractivity (Wildman–Crippen MR) is 139 cm³/mol. The van der Waals surface area contributed by atoms with Gasteiger partial charge in [0.25, 0.3) is 0 Å². The lowest BCUT2D eigenvalue weighted by molar-refractivity contribution is 0.0727. The number of carbonyl (C=O) groups excluding carboxylic acids is 1. The first-order valence-corrected chi connectivity index (χ1v) is 11.9. The number of hydrogen-bond donors (Lipinski definition) is 1. The average Bonchev–Trinajstić information content (AvgIpc) is 2.81. The van der Waals surface area contributed by atoms with Gasteiger partial charge in [0.05, 0.1) is 22.0 Å². The Kier molecular flexibility index (Phi) is 9.12. The van der Waals surface area contributed by atoms with Crippen molar-refractivity contribution in [2.75, 3.05) is 6.61 Å². The molecular weight excluding hydrogens is 537 g/mol. The van der Waals surface area contributed by atoms with Crippen molar-refractivity contribution in [2.24, 2.45) is 15.9 Å². The van der Waals surface area contributed by atoms with Gasteiger partial charge >= 0.3 is 5.97 Å². The first-order chi connectivity index (χ1) is 15.6. The van der Waals surface area contributed by atoms with E-state index in [0.717, 1.165) is 20.4 Å². The summed E-state index contributed by atoms with van der Waals surface area (Å²) in [4.78, 5) is 12.5. The Balaban J connectivity index is 1.71. The van der Waals surface area contributed by atoms with E-state index in [1.54, 1.807) is 36.5 Å². The molecule has 164 valence electrons. The van der Waals surface area contributed by atoms with Crippen molar-refractivity contribution in [1.82, 2.24) is 0 Å². The third-order valence-electron chi connectivity index (χ3n) is 4.13. The Morgan fingerprint density at radius 3 is 2.47 bits per heavy atom. The van der Waals surface area contributed by atoms with Gasteiger partial charge in [-0.05, 0) is 64.9 Å². The number of ether oxygens (including phenoxy) is 2. The molecule has 0 aliphatic rings.